The Morgan fingerprint density at radius 1 is 1.15 bits per heavy atom. The number of nitrogens with two attached hydrogens (primary N) is 1. The molecule has 7 heteroatoms. The van der Waals surface area contributed by atoms with Crippen LogP contribution in [0.25, 0.3) is 0 Å². The number of rotatable bonds is 7. The van der Waals surface area contributed by atoms with Crippen molar-refractivity contribution in [3.63, 3.8) is 0 Å². The van der Waals surface area contributed by atoms with Crippen molar-refractivity contribution >= 4 is 5.96 Å². The lowest BCUT2D eigenvalue weighted by molar-refractivity contribution is 0.0376. The Morgan fingerprint density at radius 3 is 2.67 bits per heavy atom. The van der Waals surface area contributed by atoms with Gasteiger partial charge in [0.1, 0.15) is 13.2 Å². The lowest BCUT2D eigenvalue weighted by Gasteiger charge is -2.27. The van der Waals surface area contributed by atoms with Gasteiger partial charge in [-0.25, -0.2) is 0 Å². The number of guanidine groups is 1. The summed E-state index contributed by atoms with van der Waals surface area (Å²) in [5.41, 5.74) is 7.07. The Labute approximate surface area is 161 Å². The highest BCUT2D eigenvalue weighted by atomic mass is 16.6. The Bertz CT molecular complexity index is 642. The number of fused-ring (bicyclic) bond motifs is 1. The third kappa shape index (κ3) is 5.74. The highest BCUT2D eigenvalue weighted by Crippen LogP contribution is 2.35. The summed E-state index contributed by atoms with van der Waals surface area (Å²) in [7, 11) is 0. The van der Waals surface area contributed by atoms with Crippen molar-refractivity contribution in [1.82, 2.24) is 10.2 Å². The largest absolute Gasteiger partial charge is 0.486 e. The van der Waals surface area contributed by atoms with Crippen molar-refractivity contribution in [3.05, 3.63) is 23.8 Å². The molecule has 0 saturated carbocycles. The molecule has 0 radical (unpaired) electrons. The van der Waals surface area contributed by atoms with Crippen molar-refractivity contribution in [1.29, 1.82) is 0 Å². The van der Waals surface area contributed by atoms with Gasteiger partial charge in [0.2, 0.25) is 0 Å². The molecular formula is C20H32N4O3. The maximum Gasteiger partial charge on any atom is 0.188 e. The van der Waals surface area contributed by atoms with Gasteiger partial charge in [-0.05, 0) is 30.7 Å². The first-order valence-electron chi connectivity index (χ1n) is 9.79. The van der Waals surface area contributed by atoms with E-state index in [0.717, 1.165) is 62.9 Å². The van der Waals surface area contributed by atoms with Gasteiger partial charge in [0.15, 0.2) is 17.5 Å². The Kier molecular flexibility index (Phi) is 6.79. The normalized spacial score (nSPS) is 18.4. The van der Waals surface area contributed by atoms with Gasteiger partial charge in [0.25, 0.3) is 0 Å². The number of benzene rings is 1. The molecule has 1 aromatic carbocycles. The van der Waals surface area contributed by atoms with Gasteiger partial charge in [0.05, 0.1) is 19.8 Å². The number of hydrogen-bond acceptors (Lipinski definition) is 5. The minimum atomic E-state index is -0.143. The minimum absolute atomic E-state index is 0.143. The van der Waals surface area contributed by atoms with E-state index < -0.39 is 0 Å². The van der Waals surface area contributed by atoms with E-state index in [9.17, 15) is 0 Å². The molecule has 7 nitrogen and oxygen atoms in total. The predicted octanol–water partition coefficient (Wildman–Crippen LogP) is 1.36. The van der Waals surface area contributed by atoms with Gasteiger partial charge in [0, 0.05) is 25.0 Å². The van der Waals surface area contributed by atoms with Crippen LogP contribution in [0.15, 0.2) is 23.2 Å². The van der Waals surface area contributed by atoms with E-state index in [4.69, 9.17) is 19.9 Å². The van der Waals surface area contributed by atoms with E-state index in [2.05, 4.69) is 41.2 Å². The summed E-state index contributed by atoms with van der Waals surface area (Å²) in [6.45, 7) is 11.7. The summed E-state index contributed by atoms with van der Waals surface area (Å²) in [6, 6.07) is 6.10. The molecule has 0 aromatic heterocycles. The molecule has 0 aliphatic carbocycles. The molecule has 27 heavy (non-hydrogen) atoms. The molecule has 0 bridgehead atoms. The van der Waals surface area contributed by atoms with E-state index >= 15 is 0 Å². The lowest BCUT2D eigenvalue weighted by atomic mass is 9.84. The van der Waals surface area contributed by atoms with Crippen LogP contribution < -0.4 is 20.5 Å². The smallest absolute Gasteiger partial charge is 0.188 e. The van der Waals surface area contributed by atoms with Crippen molar-refractivity contribution in [3.8, 4) is 11.5 Å². The maximum absolute atomic E-state index is 6.05. The fourth-order valence-corrected chi connectivity index (χ4v) is 3.24. The van der Waals surface area contributed by atoms with Crippen LogP contribution in [-0.4, -0.2) is 70.0 Å². The van der Waals surface area contributed by atoms with Gasteiger partial charge >= 0.3 is 0 Å². The van der Waals surface area contributed by atoms with Crippen molar-refractivity contribution in [2.75, 3.05) is 59.2 Å². The summed E-state index contributed by atoms with van der Waals surface area (Å²) in [5, 5.41) is 3.22. The van der Waals surface area contributed by atoms with E-state index in [0.29, 0.717) is 25.7 Å². The minimum Gasteiger partial charge on any atom is -0.486 e. The van der Waals surface area contributed by atoms with E-state index in [1.165, 1.54) is 0 Å². The van der Waals surface area contributed by atoms with Crippen molar-refractivity contribution in [2.45, 2.75) is 25.7 Å². The average molecular weight is 377 g/mol. The van der Waals surface area contributed by atoms with Crippen LogP contribution >= 0.6 is 0 Å². The van der Waals surface area contributed by atoms with Crippen LogP contribution in [0.4, 0.5) is 0 Å². The topological polar surface area (TPSA) is 81.3 Å². The standard InChI is InChI=1S/C20H32N4O3/c1-20(2,16-4-5-17-18(14-16)27-13-12-26-17)15-23-19(21)22-6-3-7-24-8-10-25-11-9-24/h4-5,14H,3,6-13,15H2,1-2H3,(H3,21,22,23). The third-order valence-electron chi connectivity index (χ3n) is 5.03. The molecule has 3 N–H and O–H groups in total. The molecule has 1 aromatic rings. The zero-order valence-electron chi connectivity index (χ0n) is 16.5. The number of ether oxygens (including phenoxy) is 3. The highest BCUT2D eigenvalue weighted by molar-refractivity contribution is 5.77. The van der Waals surface area contributed by atoms with Gasteiger partial charge < -0.3 is 25.3 Å². The number of nitrogens with zero attached hydrogens (tertiary/aromatic N) is 2. The lowest BCUT2D eigenvalue weighted by Crippen LogP contribution is -2.39. The molecule has 0 atom stereocenters. The molecule has 0 spiro atoms. The fourth-order valence-electron chi connectivity index (χ4n) is 3.24. The fraction of sp³-hybridized carbons (Fsp3) is 0.650. The van der Waals surface area contributed by atoms with E-state index in [-0.39, 0.29) is 5.41 Å². The molecule has 2 aliphatic rings. The van der Waals surface area contributed by atoms with E-state index in [1.54, 1.807) is 0 Å². The van der Waals surface area contributed by atoms with Crippen LogP contribution in [0, 0.1) is 0 Å². The monoisotopic (exact) mass is 376 g/mol. The molecule has 2 aliphatic heterocycles. The molecular weight excluding hydrogens is 344 g/mol. The van der Waals surface area contributed by atoms with Gasteiger partial charge in [-0.15, -0.1) is 0 Å². The Morgan fingerprint density at radius 2 is 1.89 bits per heavy atom. The third-order valence-corrected chi connectivity index (χ3v) is 5.03. The molecule has 1 fully saturated rings. The molecule has 150 valence electrons. The zero-order chi connectivity index (χ0) is 19.1. The first-order valence-corrected chi connectivity index (χ1v) is 9.79. The molecule has 0 unspecified atom stereocenters. The number of morpholine rings is 1. The van der Waals surface area contributed by atoms with Crippen LogP contribution in [-0.2, 0) is 10.2 Å². The molecule has 1 saturated heterocycles. The second-order valence-electron chi connectivity index (χ2n) is 7.68. The second-order valence-corrected chi connectivity index (χ2v) is 7.68. The van der Waals surface area contributed by atoms with Crippen LogP contribution in [0.2, 0.25) is 0 Å². The van der Waals surface area contributed by atoms with Crippen LogP contribution in [0.3, 0.4) is 0 Å². The summed E-state index contributed by atoms with van der Waals surface area (Å²) >= 11 is 0. The summed E-state index contributed by atoms with van der Waals surface area (Å²) in [4.78, 5) is 6.97. The average Bonchev–Trinajstić information content (AvgIpc) is 2.70. The summed E-state index contributed by atoms with van der Waals surface area (Å²) in [6.07, 6.45) is 1.04. The highest BCUT2D eigenvalue weighted by Gasteiger charge is 2.23. The van der Waals surface area contributed by atoms with Gasteiger partial charge in [-0.2, -0.15) is 0 Å². The zero-order valence-corrected chi connectivity index (χ0v) is 16.5. The summed E-state index contributed by atoms with van der Waals surface area (Å²) in [5.74, 6) is 2.12. The quantitative estimate of drug-likeness (QED) is 0.425. The Hall–Kier alpha value is -1.99. The van der Waals surface area contributed by atoms with Crippen LogP contribution in [0.1, 0.15) is 25.8 Å². The first-order chi connectivity index (χ1) is 13.0. The maximum atomic E-state index is 6.05. The number of hydrogen-bond donors (Lipinski definition) is 2. The summed E-state index contributed by atoms with van der Waals surface area (Å²) < 4.78 is 16.6. The molecule has 2 heterocycles. The number of nitrogens with one attached hydrogen (secondary N) is 1. The van der Waals surface area contributed by atoms with Crippen molar-refractivity contribution in [2.24, 2.45) is 10.7 Å². The molecule has 0 amide bonds. The second kappa shape index (κ2) is 9.28. The van der Waals surface area contributed by atoms with Gasteiger partial charge in [-0.1, -0.05) is 19.9 Å². The SMILES string of the molecule is CC(C)(CN=C(N)NCCCN1CCOCC1)c1ccc2c(c1)OCCO2. The molecule has 3 rings (SSSR count). The van der Waals surface area contributed by atoms with Crippen LogP contribution in [0.5, 0.6) is 11.5 Å². The number of aliphatic imine (C=N–C) groups is 1. The van der Waals surface area contributed by atoms with E-state index in [1.807, 2.05) is 6.07 Å². The first kappa shape index (κ1) is 19.8. The van der Waals surface area contributed by atoms with Crippen molar-refractivity contribution < 1.29 is 14.2 Å². The predicted molar refractivity (Wildman–Crippen MR) is 107 cm³/mol. The Balaban J connectivity index is 1.45. The van der Waals surface area contributed by atoms with Gasteiger partial charge in [-0.3, -0.25) is 9.89 Å².